The molecule has 0 radical (unpaired) electrons. The standard InChI is InChI=1S/C6H10N2O/c1-4-7-6(9)8(3)5-2/h4-5H,2H2,1,3H3/b7-4+. The van der Waals surface area contributed by atoms with Gasteiger partial charge in [0.15, 0.2) is 0 Å². The number of rotatable bonds is 1. The molecule has 0 N–H and O–H groups in total. The minimum atomic E-state index is -0.299. The molecule has 0 aromatic rings. The van der Waals surface area contributed by atoms with Crippen molar-refractivity contribution in [3.63, 3.8) is 0 Å². The number of amides is 2. The van der Waals surface area contributed by atoms with Gasteiger partial charge in [-0.25, -0.2) is 9.79 Å². The minimum Gasteiger partial charge on any atom is -0.303 e. The van der Waals surface area contributed by atoms with Crippen LogP contribution in [0.3, 0.4) is 0 Å². The molecule has 0 atom stereocenters. The summed E-state index contributed by atoms with van der Waals surface area (Å²) in [4.78, 5) is 15.4. The first-order valence-electron chi connectivity index (χ1n) is 2.60. The van der Waals surface area contributed by atoms with Gasteiger partial charge >= 0.3 is 6.03 Å². The van der Waals surface area contributed by atoms with Crippen molar-refractivity contribution in [2.75, 3.05) is 7.05 Å². The Labute approximate surface area is 54.7 Å². The quantitative estimate of drug-likeness (QED) is 0.487. The highest BCUT2D eigenvalue weighted by molar-refractivity contribution is 5.83. The lowest BCUT2D eigenvalue weighted by Gasteiger charge is -2.04. The maximum absolute atomic E-state index is 10.6. The number of carbonyl (C=O) groups is 1. The van der Waals surface area contributed by atoms with E-state index >= 15 is 0 Å². The second-order valence-electron chi connectivity index (χ2n) is 1.46. The maximum Gasteiger partial charge on any atom is 0.346 e. The minimum absolute atomic E-state index is 0.299. The van der Waals surface area contributed by atoms with Gasteiger partial charge in [0.1, 0.15) is 0 Å². The van der Waals surface area contributed by atoms with E-state index in [1.54, 1.807) is 14.0 Å². The Morgan fingerprint density at radius 3 is 2.67 bits per heavy atom. The van der Waals surface area contributed by atoms with Crippen molar-refractivity contribution in [2.24, 2.45) is 4.99 Å². The molecule has 0 saturated heterocycles. The van der Waals surface area contributed by atoms with Crippen LogP contribution >= 0.6 is 0 Å². The van der Waals surface area contributed by atoms with E-state index in [1.165, 1.54) is 17.3 Å². The van der Waals surface area contributed by atoms with Crippen LogP contribution in [0.5, 0.6) is 0 Å². The number of nitrogens with zero attached hydrogens (tertiary/aromatic N) is 2. The summed E-state index contributed by atoms with van der Waals surface area (Å²) < 4.78 is 0. The third-order valence-corrected chi connectivity index (χ3v) is 0.815. The third kappa shape index (κ3) is 2.64. The topological polar surface area (TPSA) is 32.7 Å². The predicted molar refractivity (Wildman–Crippen MR) is 37.5 cm³/mol. The highest BCUT2D eigenvalue weighted by atomic mass is 16.2. The number of urea groups is 1. The summed E-state index contributed by atoms with van der Waals surface area (Å²) in [7, 11) is 1.60. The van der Waals surface area contributed by atoms with Crippen molar-refractivity contribution in [3.05, 3.63) is 12.8 Å². The summed E-state index contributed by atoms with van der Waals surface area (Å²) in [5.41, 5.74) is 0. The van der Waals surface area contributed by atoms with Crippen LogP contribution in [0.25, 0.3) is 0 Å². The van der Waals surface area contributed by atoms with Crippen molar-refractivity contribution < 1.29 is 4.79 Å². The second-order valence-corrected chi connectivity index (χ2v) is 1.46. The van der Waals surface area contributed by atoms with E-state index in [-0.39, 0.29) is 6.03 Å². The Balaban J connectivity index is 3.87. The molecule has 3 nitrogen and oxygen atoms in total. The Bertz CT molecular complexity index is 140. The molecule has 0 aliphatic heterocycles. The molecule has 2 amide bonds. The fourth-order valence-corrected chi connectivity index (χ4v) is 0.280. The molecule has 3 heteroatoms. The van der Waals surface area contributed by atoms with Crippen molar-refractivity contribution in [1.29, 1.82) is 0 Å². The molecular formula is C6H10N2O. The number of aliphatic imine (C=N–C) groups is 1. The van der Waals surface area contributed by atoms with Crippen LogP contribution in [0, 0.1) is 0 Å². The smallest absolute Gasteiger partial charge is 0.303 e. The van der Waals surface area contributed by atoms with E-state index in [0.717, 1.165) is 0 Å². The average Bonchev–Trinajstić information content (AvgIpc) is 1.87. The van der Waals surface area contributed by atoms with Crippen LogP contribution < -0.4 is 0 Å². The number of hydrogen-bond donors (Lipinski definition) is 0. The molecule has 0 aromatic heterocycles. The van der Waals surface area contributed by atoms with E-state index < -0.39 is 0 Å². The molecular weight excluding hydrogens is 116 g/mol. The van der Waals surface area contributed by atoms with Gasteiger partial charge in [-0.15, -0.1) is 0 Å². The Hall–Kier alpha value is -1.12. The van der Waals surface area contributed by atoms with Gasteiger partial charge in [0.25, 0.3) is 0 Å². The second kappa shape index (κ2) is 3.83. The van der Waals surface area contributed by atoms with Gasteiger partial charge in [0.2, 0.25) is 0 Å². The molecule has 9 heavy (non-hydrogen) atoms. The number of hydrogen-bond acceptors (Lipinski definition) is 1. The summed E-state index contributed by atoms with van der Waals surface area (Å²) in [5.74, 6) is 0. The molecule has 0 unspecified atom stereocenters. The SMILES string of the molecule is C=CN(C)C(=O)/N=C/C. The largest absolute Gasteiger partial charge is 0.346 e. The molecule has 50 valence electrons. The molecule has 0 spiro atoms. The van der Waals surface area contributed by atoms with Gasteiger partial charge in [0.05, 0.1) is 0 Å². The Morgan fingerprint density at radius 2 is 2.33 bits per heavy atom. The van der Waals surface area contributed by atoms with Crippen LogP contribution in [0.15, 0.2) is 17.8 Å². The van der Waals surface area contributed by atoms with Gasteiger partial charge in [-0.2, -0.15) is 0 Å². The lowest BCUT2D eigenvalue weighted by Crippen LogP contribution is -2.15. The van der Waals surface area contributed by atoms with Gasteiger partial charge in [-0.3, -0.25) is 0 Å². The zero-order chi connectivity index (χ0) is 7.28. The lowest BCUT2D eigenvalue weighted by molar-refractivity contribution is 0.232. The highest BCUT2D eigenvalue weighted by Crippen LogP contribution is 1.86. The summed E-state index contributed by atoms with van der Waals surface area (Å²) in [5, 5.41) is 0. The average molecular weight is 126 g/mol. The zero-order valence-electron chi connectivity index (χ0n) is 5.66. The molecule has 0 fully saturated rings. The summed E-state index contributed by atoms with van der Waals surface area (Å²) in [6.07, 6.45) is 2.86. The molecule has 0 heterocycles. The maximum atomic E-state index is 10.6. The van der Waals surface area contributed by atoms with E-state index in [0.29, 0.717) is 0 Å². The van der Waals surface area contributed by atoms with E-state index in [1.807, 2.05) is 0 Å². The summed E-state index contributed by atoms with van der Waals surface area (Å²) in [6, 6.07) is -0.299. The van der Waals surface area contributed by atoms with Gasteiger partial charge in [-0.1, -0.05) is 6.58 Å². The van der Waals surface area contributed by atoms with Crippen molar-refractivity contribution in [1.82, 2.24) is 4.90 Å². The monoisotopic (exact) mass is 126 g/mol. The molecule has 0 saturated carbocycles. The number of carbonyl (C=O) groups excluding carboxylic acids is 1. The highest BCUT2D eigenvalue weighted by Gasteiger charge is 1.97. The Morgan fingerprint density at radius 1 is 1.78 bits per heavy atom. The fourth-order valence-electron chi connectivity index (χ4n) is 0.280. The normalized spacial score (nSPS) is 9.56. The molecule has 0 aromatic carbocycles. The van der Waals surface area contributed by atoms with Crippen LogP contribution in [-0.2, 0) is 0 Å². The summed E-state index contributed by atoms with van der Waals surface area (Å²) >= 11 is 0. The van der Waals surface area contributed by atoms with Crippen LogP contribution in [0.4, 0.5) is 4.79 Å². The predicted octanol–water partition coefficient (Wildman–Crippen LogP) is 1.27. The van der Waals surface area contributed by atoms with Crippen molar-refractivity contribution in [3.8, 4) is 0 Å². The van der Waals surface area contributed by atoms with Crippen LogP contribution in [0.2, 0.25) is 0 Å². The van der Waals surface area contributed by atoms with Crippen molar-refractivity contribution >= 4 is 12.2 Å². The molecule has 0 rings (SSSR count). The van der Waals surface area contributed by atoms with Crippen LogP contribution in [-0.4, -0.2) is 24.2 Å². The Kier molecular flexibility index (Phi) is 3.35. The third-order valence-electron chi connectivity index (χ3n) is 0.815. The van der Waals surface area contributed by atoms with E-state index in [4.69, 9.17) is 0 Å². The molecule has 0 aliphatic carbocycles. The van der Waals surface area contributed by atoms with Gasteiger partial charge in [-0.05, 0) is 6.92 Å². The lowest BCUT2D eigenvalue weighted by atomic mass is 10.7. The van der Waals surface area contributed by atoms with Gasteiger partial charge < -0.3 is 4.90 Å². The first-order chi connectivity index (χ1) is 4.22. The summed E-state index contributed by atoms with van der Waals surface area (Å²) in [6.45, 7) is 5.08. The van der Waals surface area contributed by atoms with E-state index in [2.05, 4.69) is 11.6 Å². The van der Waals surface area contributed by atoms with Gasteiger partial charge in [0, 0.05) is 19.5 Å². The molecule has 0 bridgehead atoms. The van der Waals surface area contributed by atoms with Crippen LogP contribution in [0.1, 0.15) is 6.92 Å². The van der Waals surface area contributed by atoms with E-state index in [9.17, 15) is 4.79 Å². The first-order valence-corrected chi connectivity index (χ1v) is 2.60. The van der Waals surface area contributed by atoms with Crippen molar-refractivity contribution in [2.45, 2.75) is 6.92 Å². The first kappa shape index (κ1) is 7.88. The zero-order valence-corrected chi connectivity index (χ0v) is 5.66. The fraction of sp³-hybridized carbons (Fsp3) is 0.333. The molecule has 0 aliphatic rings.